The van der Waals surface area contributed by atoms with Gasteiger partial charge < -0.3 is 5.11 Å². The third-order valence-electron chi connectivity index (χ3n) is 8.53. The lowest BCUT2D eigenvalue weighted by atomic mass is 9.60. The molecule has 0 aromatic carbocycles. The summed E-state index contributed by atoms with van der Waals surface area (Å²) in [4.78, 5) is 13.0. The van der Waals surface area contributed by atoms with E-state index in [1.54, 1.807) is 0 Å². The Morgan fingerprint density at radius 1 is 0.862 bits per heavy atom. The molecule has 4 aliphatic rings. The minimum atomic E-state index is -0.307. The van der Waals surface area contributed by atoms with Crippen LogP contribution in [0.5, 0.6) is 0 Å². The van der Waals surface area contributed by atoms with Crippen molar-refractivity contribution in [3.8, 4) is 0 Å². The Labute approximate surface area is 177 Å². The maximum absolute atomic E-state index is 13.0. The van der Waals surface area contributed by atoms with E-state index in [9.17, 15) is 9.90 Å². The van der Waals surface area contributed by atoms with Gasteiger partial charge in [-0.05, 0) is 100 Å². The molecule has 2 heteroatoms. The molecule has 0 aromatic heterocycles. The van der Waals surface area contributed by atoms with E-state index < -0.39 is 0 Å². The normalized spacial score (nSPS) is 38.7. The van der Waals surface area contributed by atoms with E-state index in [0.29, 0.717) is 5.92 Å². The van der Waals surface area contributed by atoms with Gasteiger partial charge in [0.15, 0.2) is 5.78 Å². The molecular weight excluding hydrogens is 356 g/mol. The number of allylic oxidation sites excluding steroid dienone is 5. The molecule has 4 rings (SSSR count). The van der Waals surface area contributed by atoms with Crippen LogP contribution in [0.2, 0.25) is 0 Å². The molecule has 3 fully saturated rings. The van der Waals surface area contributed by atoms with Crippen LogP contribution in [0.15, 0.2) is 34.9 Å². The number of aliphatic hydroxyl groups is 1. The number of Topliss-reactive ketones (excluding diaryl/α,β-unsaturated/α-hetero) is 1. The average molecular weight is 397 g/mol. The zero-order valence-corrected chi connectivity index (χ0v) is 18.6. The van der Waals surface area contributed by atoms with Crippen molar-refractivity contribution >= 4 is 5.78 Å². The standard InChI is InChI=1S/C27H40O2/c1-19-24-9-6-10-25(28)27(24,2)18-23(26(19)29)17-22-15-13-21(14-16-22)12-11-20-7-4-3-5-8-20/h11-12,17,20-22,25,28H,3-10,13-16,18H2,1-2H3/b12-11+,23-17+/t21?,22?,25-,27-/m0/s1. The van der Waals surface area contributed by atoms with Crippen molar-refractivity contribution in [1.82, 2.24) is 0 Å². The average Bonchev–Trinajstić information content (AvgIpc) is 2.74. The summed E-state index contributed by atoms with van der Waals surface area (Å²) in [5.74, 6) is 2.35. The maximum atomic E-state index is 13.0. The molecule has 0 unspecified atom stereocenters. The summed E-state index contributed by atoms with van der Waals surface area (Å²) in [6, 6.07) is 0. The van der Waals surface area contributed by atoms with Crippen LogP contribution in [-0.2, 0) is 4.79 Å². The minimum absolute atomic E-state index is 0.220. The SMILES string of the molecule is CC1=C2CCC[C@H](O)[C@@]2(C)C/C(=C\C2CCC(/C=C/C3CCCCC3)CC2)C1=O. The minimum Gasteiger partial charge on any atom is -0.392 e. The van der Waals surface area contributed by atoms with E-state index >= 15 is 0 Å². The Kier molecular flexibility index (Phi) is 6.49. The van der Waals surface area contributed by atoms with Crippen LogP contribution in [0.25, 0.3) is 0 Å². The van der Waals surface area contributed by atoms with E-state index in [-0.39, 0.29) is 17.3 Å². The Bertz CT molecular complexity index is 698. The maximum Gasteiger partial charge on any atom is 0.184 e. The second-order valence-corrected chi connectivity index (χ2v) is 10.6. The van der Waals surface area contributed by atoms with Crippen molar-refractivity contribution in [3.63, 3.8) is 0 Å². The van der Waals surface area contributed by atoms with Crippen molar-refractivity contribution in [2.24, 2.45) is 23.2 Å². The highest BCUT2D eigenvalue weighted by atomic mass is 16.3. The molecule has 29 heavy (non-hydrogen) atoms. The lowest BCUT2D eigenvalue weighted by Crippen LogP contribution is -2.42. The monoisotopic (exact) mass is 396 g/mol. The van der Waals surface area contributed by atoms with Crippen molar-refractivity contribution < 1.29 is 9.90 Å². The predicted octanol–water partition coefficient (Wildman–Crippen LogP) is 6.70. The Morgan fingerprint density at radius 2 is 1.48 bits per heavy atom. The van der Waals surface area contributed by atoms with Gasteiger partial charge in [-0.3, -0.25) is 4.79 Å². The second kappa shape index (κ2) is 8.92. The summed E-state index contributed by atoms with van der Waals surface area (Å²) in [5, 5.41) is 10.7. The van der Waals surface area contributed by atoms with Gasteiger partial charge in [-0.15, -0.1) is 0 Å². The zero-order chi connectivity index (χ0) is 20.4. The molecule has 0 saturated heterocycles. The molecule has 0 bridgehead atoms. The Balaban J connectivity index is 1.38. The summed E-state index contributed by atoms with van der Waals surface area (Å²) in [6.07, 6.45) is 22.6. The van der Waals surface area contributed by atoms with Gasteiger partial charge in [-0.2, -0.15) is 0 Å². The molecule has 0 radical (unpaired) electrons. The summed E-state index contributed by atoms with van der Waals surface area (Å²) >= 11 is 0. The first kappa shape index (κ1) is 21.1. The summed E-state index contributed by atoms with van der Waals surface area (Å²) in [6.45, 7) is 4.18. The summed E-state index contributed by atoms with van der Waals surface area (Å²) < 4.78 is 0. The number of aliphatic hydroxyl groups excluding tert-OH is 1. The molecule has 2 nitrogen and oxygen atoms in total. The van der Waals surface area contributed by atoms with E-state index in [1.807, 2.05) is 6.92 Å². The predicted molar refractivity (Wildman–Crippen MR) is 120 cm³/mol. The van der Waals surface area contributed by atoms with Crippen LogP contribution >= 0.6 is 0 Å². The first-order valence-electron chi connectivity index (χ1n) is 12.3. The van der Waals surface area contributed by atoms with Crippen molar-refractivity contribution in [2.75, 3.05) is 0 Å². The van der Waals surface area contributed by atoms with Gasteiger partial charge in [0, 0.05) is 5.41 Å². The van der Waals surface area contributed by atoms with Crippen molar-refractivity contribution in [2.45, 2.75) is 103 Å². The number of rotatable bonds is 3. The molecule has 160 valence electrons. The molecule has 3 saturated carbocycles. The van der Waals surface area contributed by atoms with Gasteiger partial charge in [-0.1, -0.05) is 50.0 Å². The van der Waals surface area contributed by atoms with E-state index in [4.69, 9.17) is 0 Å². The molecule has 4 aliphatic carbocycles. The van der Waals surface area contributed by atoms with Crippen LogP contribution < -0.4 is 0 Å². The van der Waals surface area contributed by atoms with Gasteiger partial charge in [0.05, 0.1) is 6.10 Å². The number of fused-ring (bicyclic) bond motifs is 1. The first-order chi connectivity index (χ1) is 14.0. The van der Waals surface area contributed by atoms with Gasteiger partial charge in [0.25, 0.3) is 0 Å². The van der Waals surface area contributed by atoms with E-state index in [1.165, 1.54) is 63.4 Å². The molecule has 0 heterocycles. The topological polar surface area (TPSA) is 37.3 Å². The van der Waals surface area contributed by atoms with Crippen LogP contribution in [-0.4, -0.2) is 17.0 Å². The summed E-state index contributed by atoms with van der Waals surface area (Å²) in [7, 11) is 0. The summed E-state index contributed by atoms with van der Waals surface area (Å²) in [5.41, 5.74) is 2.92. The highest BCUT2D eigenvalue weighted by Crippen LogP contribution is 2.50. The number of ketones is 1. The van der Waals surface area contributed by atoms with E-state index in [2.05, 4.69) is 25.2 Å². The van der Waals surface area contributed by atoms with Crippen LogP contribution in [0.4, 0.5) is 0 Å². The molecule has 1 N–H and O–H groups in total. The van der Waals surface area contributed by atoms with Crippen LogP contribution in [0.1, 0.15) is 97.3 Å². The fourth-order valence-electron chi connectivity index (χ4n) is 6.54. The molecule has 0 aromatic rings. The third kappa shape index (κ3) is 4.48. The second-order valence-electron chi connectivity index (χ2n) is 10.6. The highest BCUT2D eigenvalue weighted by molar-refractivity contribution is 6.09. The number of carbonyl (C=O) groups excluding carboxylic acids is 1. The molecule has 0 amide bonds. The fraction of sp³-hybridized carbons (Fsp3) is 0.741. The molecule has 0 spiro atoms. The smallest absolute Gasteiger partial charge is 0.184 e. The largest absolute Gasteiger partial charge is 0.392 e. The lowest BCUT2D eigenvalue weighted by Gasteiger charge is -2.45. The van der Waals surface area contributed by atoms with Crippen molar-refractivity contribution in [1.29, 1.82) is 0 Å². The first-order valence-corrected chi connectivity index (χ1v) is 12.3. The Hall–Kier alpha value is -1.15. The molecule has 0 aliphatic heterocycles. The van der Waals surface area contributed by atoms with Gasteiger partial charge in [-0.25, -0.2) is 0 Å². The number of hydrogen-bond donors (Lipinski definition) is 1. The quantitative estimate of drug-likeness (QED) is 0.426. The van der Waals surface area contributed by atoms with Gasteiger partial charge in [0.1, 0.15) is 0 Å². The Morgan fingerprint density at radius 3 is 2.17 bits per heavy atom. The zero-order valence-electron chi connectivity index (χ0n) is 18.6. The third-order valence-corrected chi connectivity index (χ3v) is 8.53. The van der Waals surface area contributed by atoms with Crippen molar-refractivity contribution in [3.05, 3.63) is 34.9 Å². The van der Waals surface area contributed by atoms with Crippen LogP contribution in [0, 0.1) is 23.2 Å². The van der Waals surface area contributed by atoms with Gasteiger partial charge in [0.2, 0.25) is 0 Å². The van der Waals surface area contributed by atoms with Gasteiger partial charge >= 0.3 is 0 Å². The number of carbonyl (C=O) groups is 1. The lowest BCUT2D eigenvalue weighted by molar-refractivity contribution is -0.113. The fourth-order valence-corrected chi connectivity index (χ4v) is 6.54. The molecule has 2 atom stereocenters. The number of hydrogen-bond acceptors (Lipinski definition) is 2. The highest BCUT2D eigenvalue weighted by Gasteiger charge is 2.45. The molecular formula is C27H40O2. The van der Waals surface area contributed by atoms with Crippen LogP contribution in [0.3, 0.4) is 0 Å². The van der Waals surface area contributed by atoms with E-state index in [0.717, 1.165) is 48.7 Å².